The predicted octanol–water partition coefficient (Wildman–Crippen LogP) is 6.50. The summed E-state index contributed by atoms with van der Waals surface area (Å²) >= 11 is 0. The first kappa shape index (κ1) is 27.1. The minimum atomic E-state index is -2.44. The second-order valence-corrected chi connectivity index (χ2v) is 6.43. The molecule has 0 aliphatic carbocycles. The van der Waals surface area contributed by atoms with Crippen molar-refractivity contribution in [2.45, 2.75) is 6.92 Å². The number of anilines is 1. The quantitative estimate of drug-likeness (QED) is 0.201. The molecule has 186 valence electrons. The SMILES string of the molecule is C\C(F)=C(F)/C(F)=C(F)\C(=C\F)NC(=O)c1ccc(C(=O)Nc2c(F)c(F)c(F)c(F)c2F)cc1. The van der Waals surface area contributed by atoms with Gasteiger partial charge >= 0.3 is 0 Å². The number of carbonyl (C=O) groups excluding carboxylic acids is 2. The van der Waals surface area contributed by atoms with E-state index >= 15 is 0 Å². The van der Waals surface area contributed by atoms with Gasteiger partial charge in [-0.3, -0.25) is 9.59 Å². The predicted molar refractivity (Wildman–Crippen MR) is 101 cm³/mol. The van der Waals surface area contributed by atoms with Crippen molar-refractivity contribution in [1.82, 2.24) is 5.32 Å². The lowest BCUT2D eigenvalue weighted by Gasteiger charge is -2.11. The highest BCUT2D eigenvalue weighted by Crippen LogP contribution is 2.28. The second kappa shape index (κ2) is 10.9. The van der Waals surface area contributed by atoms with Crippen LogP contribution in [0, 0.1) is 29.1 Å². The number of amides is 2. The van der Waals surface area contributed by atoms with Crippen molar-refractivity contribution in [3.63, 3.8) is 0 Å². The average Bonchev–Trinajstić information content (AvgIpc) is 2.85. The molecule has 0 spiro atoms. The fraction of sp³-hybridized carbons (Fsp3) is 0.0476. The van der Waals surface area contributed by atoms with Crippen LogP contribution in [0.2, 0.25) is 0 Å². The minimum Gasteiger partial charge on any atom is -0.317 e. The van der Waals surface area contributed by atoms with Gasteiger partial charge in [-0.15, -0.1) is 0 Å². The molecule has 2 N–H and O–H groups in total. The summed E-state index contributed by atoms with van der Waals surface area (Å²) in [5, 5.41) is 3.00. The summed E-state index contributed by atoms with van der Waals surface area (Å²) in [7, 11) is 0. The number of nitrogens with one attached hydrogen (secondary N) is 2. The molecule has 0 aromatic heterocycles. The van der Waals surface area contributed by atoms with Crippen molar-refractivity contribution < 1.29 is 53.5 Å². The zero-order valence-corrected chi connectivity index (χ0v) is 17.0. The third-order valence-electron chi connectivity index (χ3n) is 4.14. The minimum absolute atomic E-state index is 0.442. The smallest absolute Gasteiger partial charge is 0.255 e. The Labute approximate surface area is 189 Å². The molecule has 0 unspecified atom stereocenters. The molecule has 2 amide bonds. The van der Waals surface area contributed by atoms with E-state index in [1.54, 1.807) is 0 Å². The van der Waals surface area contributed by atoms with Gasteiger partial charge in [0.2, 0.25) is 5.82 Å². The van der Waals surface area contributed by atoms with Crippen LogP contribution in [0.5, 0.6) is 0 Å². The maximum atomic E-state index is 13.8. The van der Waals surface area contributed by atoms with Crippen molar-refractivity contribution in [3.8, 4) is 0 Å². The maximum absolute atomic E-state index is 13.8. The summed E-state index contributed by atoms with van der Waals surface area (Å²) < 4.78 is 133. The molecule has 2 aromatic rings. The van der Waals surface area contributed by atoms with Gasteiger partial charge in [0.05, 0.1) is 0 Å². The third-order valence-corrected chi connectivity index (χ3v) is 4.14. The van der Waals surface area contributed by atoms with E-state index in [4.69, 9.17) is 0 Å². The summed E-state index contributed by atoms with van der Waals surface area (Å²) in [6.45, 7) is 0.448. The van der Waals surface area contributed by atoms with Gasteiger partial charge in [0.25, 0.3) is 11.8 Å². The highest BCUT2D eigenvalue weighted by atomic mass is 19.2. The summed E-state index contributed by atoms with van der Waals surface area (Å²) in [5.41, 5.74) is -4.06. The van der Waals surface area contributed by atoms with Gasteiger partial charge in [-0.1, -0.05) is 0 Å². The fourth-order valence-corrected chi connectivity index (χ4v) is 2.36. The number of benzene rings is 2. The number of carbonyl (C=O) groups is 2. The topological polar surface area (TPSA) is 58.2 Å². The lowest BCUT2D eigenvalue weighted by atomic mass is 10.1. The van der Waals surface area contributed by atoms with Gasteiger partial charge in [-0.2, -0.15) is 0 Å². The first-order valence-corrected chi connectivity index (χ1v) is 8.94. The molecule has 0 bridgehead atoms. The Balaban J connectivity index is 2.23. The Morgan fingerprint density at radius 2 is 1.11 bits per heavy atom. The Hall–Kier alpha value is -4.10. The Kier molecular flexibility index (Phi) is 8.44. The monoisotopic (exact) mass is 512 g/mol. The highest BCUT2D eigenvalue weighted by molar-refractivity contribution is 6.05. The molecule has 0 saturated carbocycles. The number of halogens is 10. The summed E-state index contributed by atoms with van der Waals surface area (Å²) in [4.78, 5) is 24.2. The van der Waals surface area contributed by atoms with Gasteiger partial charge in [-0.25, -0.2) is 43.9 Å². The molecule has 35 heavy (non-hydrogen) atoms. The van der Waals surface area contributed by atoms with E-state index in [0.29, 0.717) is 6.92 Å². The van der Waals surface area contributed by atoms with Crippen molar-refractivity contribution in [2.75, 3.05) is 5.32 Å². The van der Waals surface area contributed by atoms with Crippen molar-refractivity contribution in [2.24, 2.45) is 0 Å². The van der Waals surface area contributed by atoms with Crippen molar-refractivity contribution in [1.29, 1.82) is 0 Å². The Morgan fingerprint density at radius 3 is 1.54 bits per heavy atom. The van der Waals surface area contributed by atoms with Crippen LogP contribution in [0.25, 0.3) is 0 Å². The van der Waals surface area contributed by atoms with Gasteiger partial charge in [0, 0.05) is 11.1 Å². The number of allylic oxidation sites excluding steroid dienone is 4. The second-order valence-electron chi connectivity index (χ2n) is 6.43. The third kappa shape index (κ3) is 5.70. The van der Waals surface area contributed by atoms with Gasteiger partial charge < -0.3 is 10.6 Å². The molecular weight excluding hydrogens is 502 g/mol. The van der Waals surface area contributed by atoms with E-state index < -0.39 is 93.0 Å². The Morgan fingerprint density at radius 1 is 0.686 bits per heavy atom. The van der Waals surface area contributed by atoms with Crippen LogP contribution in [0.1, 0.15) is 27.6 Å². The van der Waals surface area contributed by atoms with E-state index in [-0.39, 0.29) is 0 Å². The molecule has 2 rings (SSSR count). The van der Waals surface area contributed by atoms with Crippen LogP contribution in [-0.2, 0) is 0 Å². The van der Waals surface area contributed by atoms with E-state index in [9.17, 15) is 53.5 Å². The summed E-state index contributed by atoms with van der Waals surface area (Å²) in [5.74, 6) is -23.1. The molecule has 2 aromatic carbocycles. The van der Waals surface area contributed by atoms with Gasteiger partial charge in [-0.05, 0) is 31.2 Å². The van der Waals surface area contributed by atoms with E-state index in [0.717, 1.165) is 24.3 Å². The average molecular weight is 512 g/mol. The number of hydrogen-bond donors (Lipinski definition) is 2. The number of hydrogen-bond acceptors (Lipinski definition) is 2. The molecule has 0 aliphatic rings. The van der Waals surface area contributed by atoms with Crippen LogP contribution in [-0.4, -0.2) is 11.8 Å². The van der Waals surface area contributed by atoms with E-state index in [1.807, 2.05) is 0 Å². The summed E-state index contributed by atoms with van der Waals surface area (Å²) in [6.07, 6.45) is -0.653. The standard InChI is InChI=1S/C21H10F10N2O2/c1-7(23)11(24)13(26)12(25)10(6-22)32-20(34)8-2-4-9(5-3-8)21(35)33-19-17(30)15(28)14(27)16(29)18(19)31/h2-6H,1H3,(H,32,34)(H,33,35)/b10-6-,11-7-,13-12-. The zero-order valence-electron chi connectivity index (χ0n) is 17.0. The van der Waals surface area contributed by atoms with Gasteiger partial charge in [0.15, 0.2) is 40.7 Å². The summed E-state index contributed by atoms with van der Waals surface area (Å²) in [6, 6.07) is 3.28. The lowest BCUT2D eigenvalue weighted by molar-refractivity contribution is 0.0962. The van der Waals surface area contributed by atoms with Crippen LogP contribution in [0.4, 0.5) is 49.6 Å². The zero-order chi connectivity index (χ0) is 26.6. The molecule has 4 nitrogen and oxygen atoms in total. The molecule has 14 heteroatoms. The first-order valence-electron chi connectivity index (χ1n) is 8.94. The van der Waals surface area contributed by atoms with Gasteiger partial charge in [0.1, 0.15) is 23.5 Å². The van der Waals surface area contributed by atoms with Crippen LogP contribution >= 0.6 is 0 Å². The maximum Gasteiger partial charge on any atom is 0.255 e. The first-order chi connectivity index (χ1) is 16.3. The van der Waals surface area contributed by atoms with Crippen LogP contribution in [0.3, 0.4) is 0 Å². The molecule has 0 atom stereocenters. The lowest BCUT2D eigenvalue weighted by Crippen LogP contribution is -2.23. The molecule has 0 aliphatic heterocycles. The molecule has 0 fully saturated rings. The van der Waals surface area contributed by atoms with E-state index in [1.165, 1.54) is 10.6 Å². The largest absolute Gasteiger partial charge is 0.317 e. The molecule has 0 radical (unpaired) electrons. The Bertz CT molecular complexity index is 1250. The van der Waals surface area contributed by atoms with Crippen molar-refractivity contribution in [3.05, 3.63) is 99.8 Å². The molecule has 0 heterocycles. The van der Waals surface area contributed by atoms with Crippen LogP contribution < -0.4 is 10.6 Å². The normalized spacial score (nSPS) is 13.2. The highest BCUT2D eigenvalue weighted by Gasteiger charge is 2.27. The number of rotatable bonds is 6. The van der Waals surface area contributed by atoms with Crippen molar-refractivity contribution >= 4 is 17.5 Å². The molecule has 0 saturated heterocycles. The van der Waals surface area contributed by atoms with Crippen LogP contribution in [0.15, 0.2) is 59.6 Å². The fourth-order valence-electron chi connectivity index (χ4n) is 2.36. The van der Waals surface area contributed by atoms with E-state index in [2.05, 4.69) is 0 Å². The molecular formula is C21H10F10N2O2.